The normalized spacial score (nSPS) is 21.4. The van der Waals surface area contributed by atoms with E-state index in [-0.39, 0.29) is 10.8 Å². The number of aromatic hydroxyl groups is 1. The predicted molar refractivity (Wildman–Crippen MR) is 110 cm³/mol. The van der Waals surface area contributed by atoms with Crippen LogP contribution in [0.3, 0.4) is 0 Å². The van der Waals surface area contributed by atoms with E-state index < -0.39 is 11.8 Å². The highest BCUT2D eigenvalue weighted by Gasteiger charge is 2.42. The summed E-state index contributed by atoms with van der Waals surface area (Å²) >= 11 is 12.3. The van der Waals surface area contributed by atoms with Crippen LogP contribution < -0.4 is 5.32 Å². The SMILES string of the molecule is CCC1(c2ccccc2)OC(c2cc(Cl)cc(Cl)c2O)Nc2ccccc21. The number of rotatable bonds is 3. The summed E-state index contributed by atoms with van der Waals surface area (Å²) < 4.78 is 6.62. The van der Waals surface area contributed by atoms with Crippen molar-refractivity contribution >= 4 is 28.9 Å². The first-order chi connectivity index (χ1) is 13.0. The fourth-order valence-electron chi connectivity index (χ4n) is 3.73. The van der Waals surface area contributed by atoms with E-state index in [1.165, 1.54) is 6.07 Å². The Morgan fingerprint density at radius 3 is 2.48 bits per heavy atom. The lowest BCUT2D eigenvalue weighted by atomic mass is 9.81. The molecule has 0 bridgehead atoms. The fourth-order valence-corrected chi connectivity index (χ4v) is 4.24. The number of anilines is 1. The Hall–Kier alpha value is -2.20. The van der Waals surface area contributed by atoms with Gasteiger partial charge in [-0.15, -0.1) is 0 Å². The van der Waals surface area contributed by atoms with Crippen molar-refractivity contribution in [2.24, 2.45) is 0 Å². The maximum absolute atomic E-state index is 10.5. The number of benzene rings is 3. The van der Waals surface area contributed by atoms with Crippen LogP contribution in [0.4, 0.5) is 5.69 Å². The highest BCUT2D eigenvalue weighted by Crippen LogP contribution is 2.49. The number of phenolic OH excluding ortho intramolecular Hbond substituents is 1. The summed E-state index contributed by atoms with van der Waals surface area (Å²) in [6, 6.07) is 21.4. The Labute approximate surface area is 168 Å². The zero-order valence-corrected chi connectivity index (χ0v) is 16.3. The molecule has 0 aromatic heterocycles. The molecule has 27 heavy (non-hydrogen) atoms. The third-order valence-corrected chi connectivity index (χ3v) is 5.55. The topological polar surface area (TPSA) is 41.5 Å². The lowest BCUT2D eigenvalue weighted by Gasteiger charge is -2.43. The van der Waals surface area contributed by atoms with E-state index >= 15 is 0 Å². The summed E-state index contributed by atoms with van der Waals surface area (Å²) in [7, 11) is 0. The second-order valence-electron chi connectivity index (χ2n) is 6.56. The molecule has 2 atom stereocenters. The average Bonchev–Trinajstić information content (AvgIpc) is 2.70. The molecule has 2 unspecified atom stereocenters. The monoisotopic (exact) mass is 399 g/mol. The van der Waals surface area contributed by atoms with Crippen LogP contribution in [-0.4, -0.2) is 5.11 Å². The molecule has 138 valence electrons. The quantitative estimate of drug-likeness (QED) is 0.528. The summed E-state index contributed by atoms with van der Waals surface area (Å²) in [6.45, 7) is 2.09. The van der Waals surface area contributed by atoms with Gasteiger partial charge in [-0.25, -0.2) is 0 Å². The van der Waals surface area contributed by atoms with Crippen LogP contribution in [0, 0.1) is 0 Å². The summed E-state index contributed by atoms with van der Waals surface area (Å²) in [5, 5.41) is 14.5. The number of para-hydroxylation sites is 1. The summed E-state index contributed by atoms with van der Waals surface area (Å²) in [5.74, 6) is -0.0315. The maximum atomic E-state index is 10.5. The number of fused-ring (bicyclic) bond motifs is 1. The number of ether oxygens (including phenoxy) is 1. The molecule has 3 aromatic carbocycles. The van der Waals surface area contributed by atoms with Gasteiger partial charge in [0.2, 0.25) is 0 Å². The van der Waals surface area contributed by atoms with Crippen molar-refractivity contribution in [2.75, 3.05) is 5.32 Å². The fraction of sp³-hybridized carbons (Fsp3) is 0.182. The minimum absolute atomic E-state index is 0.0315. The van der Waals surface area contributed by atoms with Crippen molar-refractivity contribution in [2.45, 2.75) is 25.2 Å². The lowest BCUT2D eigenvalue weighted by molar-refractivity contribution is -0.0733. The van der Waals surface area contributed by atoms with Gasteiger partial charge in [0.05, 0.1) is 5.02 Å². The van der Waals surface area contributed by atoms with Crippen molar-refractivity contribution in [1.82, 2.24) is 0 Å². The Morgan fingerprint density at radius 1 is 1.04 bits per heavy atom. The van der Waals surface area contributed by atoms with E-state index in [2.05, 4.69) is 30.4 Å². The van der Waals surface area contributed by atoms with Crippen molar-refractivity contribution < 1.29 is 9.84 Å². The van der Waals surface area contributed by atoms with E-state index in [1.54, 1.807) is 6.07 Å². The molecular weight excluding hydrogens is 381 g/mol. The second kappa shape index (κ2) is 7.08. The molecule has 0 radical (unpaired) electrons. The zero-order chi connectivity index (χ0) is 19.0. The van der Waals surface area contributed by atoms with Crippen molar-refractivity contribution in [3.05, 3.63) is 93.5 Å². The molecule has 1 aliphatic heterocycles. The molecule has 0 amide bonds. The summed E-state index contributed by atoms with van der Waals surface area (Å²) in [4.78, 5) is 0. The molecule has 3 nitrogen and oxygen atoms in total. The first kappa shape index (κ1) is 18.2. The molecule has 0 saturated carbocycles. The van der Waals surface area contributed by atoms with Crippen LogP contribution in [0.25, 0.3) is 0 Å². The van der Waals surface area contributed by atoms with Gasteiger partial charge in [-0.1, -0.05) is 78.7 Å². The Kier molecular flexibility index (Phi) is 4.77. The Morgan fingerprint density at radius 2 is 1.74 bits per heavy atom. The van der Waals surface area contributed by atoms with E-state index in [4.69, 9.17) is 27.9 Å². The third-order valence-electron chi connectivity index (χ3n) is 5.05. The zero-order valence-electron chi connectivity index (χ0n) is 14.7. The second-order valence-corrected chi connectivity index (χ2v) is 7.40. The smallest absolute Gasteiger partial charge is 0.159 e. The van der Waals surface area contributed by atoms with Gasteiger partial charge in [-0.05, 0) is 30.2 Å². The number of hydrogen-bond donors (Lipinski definition) is 2. The largest absolute Gasteiger partial charge is 0.506 e. The highest BCUT2D eigenvalue weighted by atomic mass is 35.5. The maximum Gasteiger partial charge on any atom is 0.159 e. The average molecular weight is 400 g/mol. The van der Waals surface area contributed by atoms with E-state index in [1.807, 2.05) is 36.4 Å². The van der Waals surface area contributed by atoms with Gasteiger partial charge in [-0.3, -0.25) is 0 Å². The molecule has 4 rings (SSSR count). The minimum atomic E-state index is -0.658. The first-order valence-corrected chi connectivity index (χ1v) is 9.58. The van der Waals surface area contributed by atoms with Crippen molar-refractivity contribution in [3.63, 3.8) is 0 Å². The van der Waals surface area contributed by atoms with Crippen LogP contribution in [0.15, 0.2) is 66.7 Å². The number of phenols is 1. The van der Waals surface area contributed by atoms with E-state index in [0.717, 1.165) is 23.2 Å². The third kappa shape index (κ3) is 3.06. The summed E-state index contributed by atoms with van der Waals surface area (Å²) in [6.07, 6.45) is 0.123. The lowest BCUT2D eigenvalue weighted by Crippen LogP contribution is -2.39. The van der Waals surface area contributed by atoms with Crippen LogP contribution in [0.1, 0.15) is 36.3 Å². The van der Waals surface area contributed by atoms with E-state index in [0.29, 0.717) is 10.6 Å². The van der Waals surface area contributed by atoms with Gasteiger partial charge >= 0.3 is 0 Å². The number of halogens is 2. The van der Waals surface area contributed by atoms with Crippen LogP contribution in [0.5, 0.6) is 5.75 Å². The molecule has 0 aliphatic carbocycles. The van der Waals surface area contributed by atoms with Gasteiger partial charge < -0.3 is 15.2 Å². The minimum Gasteiger partial charge on any atom is -0.506 e. The molecule has 3 aromatic rings. The molecule has 0 saturated heterocycles. The molecule has 1 heterocycles. The number of nitrogens with one attached hydrogen (secondary N) is 1. The summed E-state index contributed by atoms with van der Waals surface area (Å²) in [5.41, 5.74) is 2.92. The van der Waals surface area contributed by atoms with Gasteiger partial charge in [0, 0.05) is 21.8 Å². The Bertz CT molecular complexity index is 977. The van der Waals surface area contributed by atoms with Crippen molar-refractivity contribution in [1.29, 1.82) is 0 Å². The first-order valence-electron chi connectivity index (χ1n) is 8.82. The molecular formula is C22H19Cl2NO2. The van der Waals surface area contributed by atoms with Crippen molar-refractivity contribution in [3.8, 4) is 5.75 Å². The van der Waals surface area contributed by atoms with Gasteiger partial charge in [0.1, 0.15) is 11.4 Å². The predicted octanol–water partition coefficient (Wildman–Crippen LogP) is 6.49. The standard InChI is InChI=1S/C22H19Cl2NO2/c1-2-22(14-8-4-3-5-9-14)17-10-6-7-11-19(17)25-21(27-22)16-12-15(23)13-18(24)20(16)26/h3-13,21,25-26H,2H2,1H3. The Balaban J connectivity index is 1.91. The van der Waals surface area contributed by atoms with Crippen LogP contribution in [-0.2, 0) is 10.3 Å². The molecule has 1 aliphatic rings. The van der Waals surface area contributed by atoms with E-state index in [9.17, 15) is 5.11 Å². The van der Waals surface area contributed by atoms with Gasteiger partial charge in [0.15, 0.2) is 6.23 Å². The number of hydrogen-bond acceptors (Lipinski definition) is 3. The van der Waals surface area contributed by atoms with Crippen LogP contribution in [0.2, 0.25) is 10.0 Å². The van der Waals surface area contributed by atoms with Gasteiger partial charge in [-0.2, -0.15) is 0 Å². The molecule has 0 fully saturated rings. The highest BCUT2D eigenvalue weighted by molar-refractivity contribution is 6.35. The molecule has 0 spiro atoms. The molecule has 2 N–H and O–H groups in total. The molecule has 5 heteroatoms. The van der Waals surface area contributed by atoms with Crippen LogP contribution >= 0.6 is 23.2 Å². The van der Waals surface area contributed by atoms with Gasteiger partial charge in [0.25, 0.3) is 0 Å².